The fourth-order valence-electron chi connectivity index (χ4n) is 3.44. The topological polar surface area (TPSA) is 67.3 Å². The number of rotatable bonds is 3. The number of aromatic nitrogens is 1. The minimum absolute atomic E-state index is 0.0337. The van der Waals surface area contributed by atoms with Gasteiger partial charge in [-0.3, -0.25) is 4.79 Å². The number of carbonyl (C=O) groups excluding carboxylic acids is 1. The Morgan fingerprint density at radius 2 is 1.68 bits per heavy atom. The lowest BCUT2D eigenvalue weighted by Gasteiger charge is -2.18. The molecule has 0 aliphatic carbocycles. The van der Waals surface area contributed by atoms with Crippen LogP contribution in [0.5, 0.6) is 0 Å². The van der Waals surface area contributed by atoms with Gasteiger partial charge in [-0.05, 0) is 12.0 Å². The Bertz CT molecular complexity index is 1060. The van der Waals surface area contributed by atoms with E-state index in [2.05, 4.69) is 4.98 Å². The smallest absolute Gasteiger partial charge is 0.273 e. The van der Waals surface area contributed by atoms with Crippen LogP contribution in [0.3, 0.4) is 0 Å². The molecular weight excluding hydrogens is 392 g/mol. The van der Waals surface area contributed by atoms with E-state index in [-0.39, 0.29) is 18.2 Å². The van der Waals surface area contributed by atoms with Gasteiger partial charge >= 0.3 is 0 Å². The number of thiazole rings is 1. The molecule has 0 N–H and O–H groups in total. The molecule has 1 saturated heterocycles. The van der Waals surface area contributed by atoms with Gasteiger partial charge in [0.05, 0.1) is 11.0 Å². The van der Waals surface area contributed by atoms with Crippen LogP contribution >= 0.6 is 11.3 Å². The van der Waals surface area contributed by atoms with Crippen molar-refractivity contribution in [1.82, 2.24) is 9.88 Å². The van der Waals surface area contributed by atoms with Crippen LogP contribution in [0.4, 0.5) is 0 Å². The van der Waals surface area contributed by atoms with E-state index >= 15 is 0 Å². The van der Waals surface area contributed by atoms with Gasteiger partial charge in [0, 0.05) is 24.0 Å². The summed E-state index contributed by atoms with van der Waals surface area (Å²) in [6, 6.07) is 18.9. The van der Waals surface area contributed by atoms with Crippen LogP contribution in [0.2, 0.25) is 0 Å². The molecule has 4 rings (SSSR count). The van der Waals surface area contributed by atoms with Crippen molar-refractivity contribution in [3.63, 3.8) is 0 Å². The zero-order valence-electron chi connectivity index (χ0n) is 15.2. The normalized spacial score (nSPS) is 19.1. The van der Waals surface area contributed by atoms with Crippen molar-refractivity contribution in [1.29, 1.82) is 0 Å². The Labute approximate surface area is 168 Å². The van der Waals surface area contributed by atoms with E-state index in [1.807, 2.05) is 60.7 Å². The van der Waals surface area contributed by atoms with E-state index in [0.717, 1.165) is 16.1 Å². The van der Waals surface area contributed by atoms with Crippen LogP contribution < -0.4 is 0 Å². The summed E-state index contributed by atoms with van der Waals surface area (Å²) in [6.07, 6.45) is 0.397. The van der Waals surface area contributed by atoms with Gasteiger partial charge in [0.2, 0.25) is 0 Å². The number of hydrogen-bond acceptors (Lipinski definition) is 5. The Morgan fingerprint density at radius 1 is 1.00 bits per heavy atom. The quantitative estimate of drug-likeness (QED) is 0.656. The van der Waals surface area contributed by atoms with Gasteiger partial charge in [-0.25, -0.2) is 13.4 Å². The number of nitrogens with zero attached hydrogens (tertiary/aromatic N) is 2. The molecule has 144 valence electrons. The van der Waals surface area contributed by atoms with Gasteiger partial charge in [0.1, 0.15) is 10.7 Å². The first-order valence-corrected chi connectivity index (χ1v) is 11.7. The molecule has 0 bridgehead atoms. The Hall–Kier alpha value is -2.51. The molecule has 2 aromatic carbocycles. The van der Waals surface area contributed by atoms with E-state index < -0.39 is 15.1 Å². The molecule has 1 aliphatic rings. The number of benzene rings is 2. The largest absolute Gasteiger partial charge is 0.336 e. The maximum atomic E-state index is 12.9. The third-order valence-corrected chi connectivity index (χ3v) is 7.96. The van der Waals surface area contributed by atoms with Gasteiger partial charge in [-0.1, -0.05) is 60.7 Å². The molecule has 1 aromatic heterocycles. The number of amides is 1. The van der Waals surface area contributed by atoms with Gasteiger partial charge in [-0.15, -0.1) is 11.3 Å². The summed E-state index contributed by atoms with van der Waals surface area (Å²) in [5, 5.41) is 1.97. The van der Waals surface area contributed by atoms with Crippen molar-refractivity contribution in [2.24, 2.45) is 0 Å². The summed E-state index contributed by atoms with van der Waals surface area (Å²) in [5.41, 5.74) is 2.13. The molecular formula is C21H20N2O3S2. The summed E-state index contributed by atoms with van der Waals surface area (Å²) < 4.78 is 25.5. The summed E-state index contributed by atoms with van der Waals surface area (Å²) in [4.78, 5) is 19.0. The molecule has 0 spiro atoms. The number of hydrogen-bond donors (Lipinski definition) is 0. The lowest BCUT2D eigenvalue weighted by Crippen LogP contribution is -2.33. The van der Waals surface area contributed by atoms with E-state index in [9.17, 15) is 13.2 Å². The monoisotopic (exact) mass is 412 g/mol. The highest BCUT2D eigenvalue weighted by Crippen LogP contribution is 2.30. The molecule has 1 amide bonds. The van der Waals surface area contributed by atoms with Gasteiger partial charge in [0.15, 0.2) is 9.84 Å². The molecule has 1 fully saturated rings. The minimum Gasteiger partial charge on any atom is -0.336 e. The second kappa shape index (κ2) is 7.85. The molecule has 1 unspecified atom stereocenters. The third kappa shape index (κ3) is 3.86. The van der Waals surface area contributed by atoms with E-state index in [0.29, 0.717) is 18.7 Å². The van der Waals surface area contributed by atoms with Crippen molar-refractivity contribution in [2.75, 3.05) is 18.8 Å². The van der Waals surface area contributed by atoms with Crippen LogP contribution in [0.15, 0.2) is 66.0 Å². The second-order valence-electron chi connectivity index (χ2n) is 6.75. The second-order valence-corrected chi connectivity index (χ2v) is 9.91. The zero-order valence-corrected chi connectivity index (χ0v) is 16.8. The van der Waals surface area contributed by atoms with E-state index in [1.54, 1.807) is 10.3 Å². The molecule has 0 saturated carbocycles. The minimum atomic E-state index is -3.31. The number of sulfone groups is 1. The Kier molecular flexibility index (Phi) is 5.28. The average Bonchev–Trinajstić information content (AvgIpc) is 3.15. The molecule has 5 nitrogen and oxygen atoms in total. The molecule has 2 heterocycles. The van der Waals surface area contributed by atoms with Crippen molar-refractivity contribution < 1.29 is 13.2 Å². The van der Waals surface area contributed by atoms with Gasteiger partial charge in [0.25, 0.3) is 5.91 Å². The van der Waals surface area contributed by atoms with Crippen LogP contribution in [0, 0.1) is 0 Å². The lowest BCUT2D eigenvalue weighted by molar-refractivity contribution is 0.0761. The van der Waals surface area contributed by atoms with Crippen molar-refractivity contribution >= 4 is 27.1 Å². The highest BCUT2D eigenvalue weighted by molar-refractivity contribution is 7.91. The summed E-state index contributed by atoms with van der Waals surface area (Å²) in [7, 11) is -3.31. The van der Waals surface area contributed by atoms with Crippen molar-refractivity contribution in [3.8, 4) is 10.6 Å². The predicted octanol–water partition coefficient (Wildman–Crippen LogP) is 3.81. The fraction of sp³-hybridized carbons (Fsp3) is 0.238. The standard InChI is InChI=1S/C21H20N2O3S2/c24-21(18-15-27-20(22-18)17-9-5-2-6-10-17)23-12-11-19(28(25,26)14-13-23)16-7-3-1-4-8-16/h1-10,15,19H,11-14H2. The molecule has 1 aliphatic heterocycles. The summed E-state index contributed by atoms with van der Waals surface area (Å²) in [5.74, 6) is -0.240. The Balaban J connectivity index is 1.53. The van der Waals surface area contributed by atoms with Crippen molar-refractivity contribution in [2.45, 2.75) is 11.7 Å². The summed E-state index contributed by atoms with van der Waals surface area (Å²) in [6.45, 7) is 0.596. The van der Waals surface area contributed by atoms with Gasteiger partial charge in [-0.2, -0.15) is 0 Å². The SMILES string of the molecule is O=C(c1csc(-c2ccccc2)n1)N1CCC(c2ccccc2)S(=O)(=O)CC1. The maximum Gasteiger partial charge on any atom is 0.273 e. The van der Waals surface area contributed by atoms with E-state index in [4.69, 9.17) is 0 Å². The van der Waals surface area contributed by atoms with Crippen molar-refractivity contribution in [3.05, 3.63) is 77.3 Å². The molecule has 0 radical (unpaired) electrons. The zero-order chi connectivity index (χ0) is 19.6. The lowest BCUT2D eigenvalue weighted by atomic mass is 10.1. The highest BCUT2D eigenvalue weighted by Gasteiger charge is 2.33. The third-order valence-electron chi connectivity index (χ3n) is 4.94. The molecule has 28 heavy (non-hydrogen) atoms. The van der Waals surface area contributed by atoms with Crippen LogP contribution in [0.1, 0.15) is 27.7 Å². The van der Waals surface area contributed by atoms with E-state index in [1.165, 1.54) is 11.3 Å². The van der Waals surface area contributed by atoms with Crippen LogP contribution in [0.25, 0.3) is 10.6 Å². The summed E-state index contributed by atoms with van der Waals surface area (Å²) >= 11 is 1.42. The highest BCUT2D eigenvalue weighted by atomic mass is 32.2. The molecule has 1 atom stereocenters. The average molecular weight is 413 g/mol. The first-order valence-electron chi connectivity index (χ1n) is 9.11. The Morgan fingerprint density at radius 3 is 2.39 bits per heavy atom. The first-order chi connectivity index (χ1) is 13.5. The molecule has 3 aromatic rings. The predicted molar refractivity (Wildman–Crippen MR) is 111 cm³/mol. The maximum absolute atomic E-state index is 12.9. The fourth-order valence-corrected chi connectivity index (χ4v) is 6.03. The molecule has 7 heteroatoms. The van der Waals surface area contributed by atoms with Gasteiger partial charge < -0.3 is 4.90 Å². The van der Waals surface area contributed by atoms with Crippen LogP contribution in [-0.2, 0) is 9.84 Å². The van der Waals surface area contributed by atoms with Crippen LogP contribution in [-0.4, -0.2) is 43.1 Å². The number of carbonyl (C=O) groups is 1. The first kappa shape index (κ1) is 18.8.